The van der Waals surface area contributed by atoms with Gasteiger partial charge in [-0.05, 0) is 60.7 Å². The molecule has 1 amide bonds. The predicted octanol–water partition coefficient (Wildman–Crippen LogP) is 3.00. The van der Waals surface area contributed by atoms with Gasteiger partial charge in [0.05, 0.1) is 0 Å². The number of carbonyl (C=O) groups is 1. The fourth-order valence-corrected chi connectivity index (χ4v) is 2.51. The van der Waals surface area contributed by atoms with Crippen molar-refractivity contribution in [1.29, 1.82) is 0 Å². The third-order valence-corrected chi connectivity index (χ3v) is 3.85. The molecule has 3 N–H and O–H groups in total. The summed E-state index contributed by atoms with van der Waals surface area (Å²) in [4.78, 5) is 15.3. The Kier molecular flexibility index (Phi) is 4.70. The quantitative estimate of drug-likeness (QED) is 0.652. The highest BCUT2D eigenvalue weighted by molar-refractivity contribution is 5.81. The number of hydrogen-bond acceptors (Lipinski definition) is 3. The predicted molar refractivity (Wildman–Crippen MR) is 93.2 cm³/mol. The SMILES string of the molecule is CC(Oc1ccc(O)cc1)C(=O)NCCc1ccc2cc[nH]c2c1. The van der Waals surface area contributed by atoms with E-state index in [1.165, 1.54) is 17.5 Å². The van der Waals surface area contributed by atoms with Crippen LogP contribution < -0.4 is 10.1 Å². The third-order valence-electron chi connectivity index (χ3n) is 3.85. The van der Waals surface area contributed by atoms with Crippen LogP contribution in [0.4, 0.5) is 0 Å². The number of carbonyl (C=O) groups excluding carboxylic acids is 1. The van der Waals surface area contributed by atoms with Crippen molar-refractivity contribution >= 4 is 16.8 Å². The molecular weight excluding hydrogens is 304 g/mol. The topological polar surface area (TPSA) is 74.3 Å². The van der Waals surface area contributed by atoms with Crippen molar-refractivity contribution in [2.75, 3.05) is 6.54 Å². The van der Waals surface area contributed by atoms with Gasteiger partial charge in [-0.15, -0.1) is 0 Å². The summed E-state index contributed by atoms with van der Waals surface area (Å²) in [7, 11) is 0. The Balaban J connectivity index is 1.48. The van der Waals surface area contributed by atoms with Crippen LogP contribution >= 0.6 is 0 Å². The summed E-state index contributed by atoms with van der Waals surface area (Å²) in [6.45, 7) is 2.25. The number of amides is 1. The summed E-state index contributed by atoms with van der Waals surface area (Å²) < 4.78 is 5.55. The Morgan fingerprint density at radius 2 is 2.00 bits per heavy atom. The number of rotatable bonds is 6. The normalized spacial score (nSPS) is 12.0. The van der Waals surface area contributed by atoms with Gasteiger partial charge >= 0.3 is 0 Å². The molecule has 1 aromatic heterocycles. The first-order valence-corrected chi connectivity index (χ1v) is 7.91. The van der Waals surface area contributed by atoms with Gasteiger partial charge in [-0.2, -0.15) is 0 Å². The molecule has 5 nitrogen and oxygen atoms in total. The molecule has 0 saturated carbocycles. The van der Waals surface area contributed by atoms with Crippen LogP contribution in [-0.2, 0) is 11.2 Å². The minimum absolute atomic E-state index is 0.163. The van der Waals surface area contributed by atoms with Crippen LogP contribution in [0.15, 0.2) is 54.7 Å². The van der Waals surface area contributed by atoms with E-state index in [-0.39, 0.29) is 11.7 Å². The van der Waals surface area contributed by atoms with Gasteiger partial charge < -0.3 is 20.1 Å². The molecule has 24 heavy (non-hydrogen) atoms. The van der Waals surface area contributed by atoms with Crippen LogP contribution in [0.25, 0.3) is 10.9 Å². The van der Waals surface area contributed by atoms with Crippen LogP contribution in [0, 0.1) is 0 Å². The first-order valence-electron chi connectivity index (χ1n) is 7.91. The van der Waals surface area contributed by atoms with E-state index in [1.807, 2.05) is 12.3 Å². The van der Waals surface area contributed by atoms with Crippen LogP contribution in [0.3, 0.4) is 0 Å². The standard InChI is InChI=1S/C19H20N2O3/c1-13(24-17-6-4-16(22)5-7-17)19(23)21-10-8-14-2-3-15-9-11-20-18(15)12-14/h2-7,9,11-13,20,22H,8,10H2,1H3,(H,21,23). The van der Waals surface area contributed by atoms with Crippen molar-refractivity contribution in [3.05, 3.63) is 60.3 Å². The van der Waals surface area contributed by atoms with Crippen molar-refractivity contribution in [3.63, 3.8) is 0 Å². The molecule has 2 aromatic carbocycles. The van der Waals surface area contributed by atoms with E-state index in [2.05, 4.69) is 28.5 Å². The Morgan fingerprint density at radius 3 is 2.79 bits per heavy atom. The second-order valence-electron chi connectivity index (χ2n) is 5.69. The Bertz CT molecular complexity index is 824. The van der Waals surface area contributed by atoms with Gasteiger partial charge in [0, 0.05) is 18.3 Å². The first-order chi connectivity index (χ1) is 11.6. The number of H-pyrrole nitrogens is 1. The second kappa shape index (κ2) is 7.08. The van der Waals surface area contributed by atoms with Crippen molar-refractivity contribution in [1.82, 2.24) is 10.3 Å². The minimum atomic E-state index is -0.597. The maximum Gasteiger partial charge on any atom is 0.260 e. The van der Waals surface area contributed by atoms with Crippen molar-refractivity contribution in [2.45, 2.75) is 19.4 Å². The fourth-order valence-electron chi connectivity index (χ4n) is 2.51. The van der Waals surface area contributed by atoms with Gasteiger partial charge in [0.15, 0.2) is 6.10 Å². The zero-order chi connectivity index (χ0) is 16.9. The average Bonchev–Trinajstić information content (AvgIpc) is 3.04. The number of nitrogens with one attached hydrogen (secondary N) is 2. The van der Waals surface area contributed by atoms with Gasteiger partial charge in [-0.25, -0.2) is 0 Å². The van der Waals surface area contributed by atoms with Gasteiger partial charge in [-0.1, -0.05) is 12.1 Å². The van der Waals surface area contributed by atoms with Gasteiger partial charge in [0.25, 0.3) is 5.91 Å². The Hall–Kier alpha value is -2.95. The Labute approximate surface area is 140 Å². The molecule has 1 unspecified atom stereocenters. The number of hydrogen-bond donors (Lipinski definition) is 3. The summed E-state index contributed by atoms with van der Waals surface area (Å²) in [5, 5.41) is 13.3. The van der Waals surface area contributed by atoms with E-state index in [1.54, 1.807) is 19.1 Å². The van der Waals surface area contributed by atoms with Crippen molar-refractivity contribution in [3.8, 4) is 11.5 Å². The summed E-state index contributed by atoms with van der Waals surface area (Å²) in [5.74, 6) is 0.551. The molecule has 124 valence electrons. The molecule has 0 bridgehead atoms. The molecule has 3 rings (SSSR count). The van der Waals surface area contributed by atoms with E-state index in [0.29, 0.717) is 12.3 Å². The number of ether oxygens (including phenoxy) is 1. The monoisotopic (exact) mass is 324 g/mol. The molecule has 1 heterocycles. The number of phenols is 1. The smallest absolute Gasteiger partial charge is 0.260 e. The second-order valence-corrected chi connectivity index (χ2v) is 5.69. The summed E-state index contributed by atoms with van der Waals surface area (Å²) in [5.41, 5.74) is 2.26. The highest BCUT2D eigenvalue weighted by Crippen LogP contribution is 2.17. The zero-order valence-corrected chi connectivity index (χ0v) is 13.5. The van der Waals surface area contributed by atoms with Gasteiger partial charge in [0.2, 0.25) is 0 Å². The molecule has 0 aliphatic rings. The minimum Gasteiger partial charge on any atom is -0.508 e. The lowest BCUT2D eigenvalue weighted by Gasteiger charge is -2.14. The van der Waals surface area contributed by atoms with E-state index in [4.69, 9.17) is 4.74 Å². The summed E-state index contributed by atoms with van der Waals surface area (Å²) in [6, 6.07) is 14.6. The zero-order valence-electron chi connectivity index (χ0n) is 13.5. The maximum atomic E-state index is 12.1. The van der Waals surface area contributed by atoms with E-state index < -0.39 is 6.10 Å². The molecule has 5 heteroatoms. The number of aromatic amines is 1. The highest BCUT2D eigenvalue weighted by atomic mass is 16.5. The molecule has 0 saturated heterocycles. The lowest BCUT2D eigenvalue weighted by atomic mass is 10.1. The number of aromatic nitrogens is 1. The van der Waals surface area contributed by atoms with Crippen molar-refractivity contribution < 1.29 is 14.6 Å². The average molecular weight is 324 g/mol. The molecular formula is C19H20N2O3. The molecule has 0 fully saturated rings. The molecule has 0 aliphatic heterocycles. The number of aromatic hydroxyl groups is 1. The van der Waals surface area contributed by atoms with Crippen LogP contribution in [-0.4, -0.2) is 28.6 Å². The molecule has 0 radical (unpaired) electrons. The van der Waals surface area contributed by atoms with Gasteiger partial charge in [-0.3, -0.25) is 4.79 Å². The number of phenolic OH excluding ortho intramolecular Hbond substituents is 1. The molecule has 0 aliphatic carbocycles. The highest BCUT2D eigenvalue weighted by Gasteiger charge is 2.14. The van der Waals surface area contributed by atoms with Crippen molar-refractivity contribution in [2.24, 2.45) is 0 Å². The summed E-state index contributed by atoms with van der Waals surface area (Å²) in [6.07, 6.45) is 2.07. The summed E-state index contributed by atoms with van der Waals surface area (Å²) >= 11 is 0. The Morgan fingerprint density at radius 1 is 1.21 bits per heavy atom. The molecule has 1 atom stereocenters. The first kappa shape index (κ1) is 15.9. The van der Waals surface area contributed by atoms with Gasteiger partial charge in [0.1, 0.15) is 11.5 Å². The van der Waals surface area contributed by atoms with Crippen LogP contribution in [0.1, 0.15) is 12.5 Å². The van der Waals surface area contributed by atoms with Crippen LogP contribution in [0.2, 0.25) is 0 Å². The number of fused-ring (bicyclic) bond motifs is 1. The van der Waals surface area contributed by atoms with E-state index >= 15 is 0 Å². The van der Waals surface area contributed by atoms with Crippen LogP contribution in [0.5, 0.6) is 11.5 Å². The van der Waals surface area contributed by atoms with E-state index in [0.717, 1.165) is 17.5 Å². The number of benzene rings is 2. The lowest BCUT2D eigenvalue weighted by Crippen LogP contribution is -2.37. The lowest BCUT2D eigenvalue weighted by molar-refractivity contribution is -0.127. The fraction of sp³-hybridized carbons (Fsp3) is 0.211. The molecule has 0 spiro atoms. The molecule has 3 aromatic rings. The largest absolute Gasteiger partial charge is 0.508 e. The maximum absolute atomic E-state index is 12.1. The third kappa shape index (κ3) is 3.87. The van der Waals surface area contributed by atoms with E-state index in [9.17, 15) is 9.90 Å².